The van der Waals surface area contributed by atoms with E-state index in [1.807, 2.05) is 59.1 Å². The van der Waals surface area contributed by atoms with Crippen LogP contribution in [0.1, 0.15) is 0 Å². The molecule has 14 rings (SSSR count). The average molecular weight is 852 g/mol. The van der Waals surface area contributed by atoms with Gasteiger partial charge in [0.05, 0.1) is 27.8 Å². The van der Waals surface area contributed by atoms with Gasteiger partial charge < -0.3 is 9.13 Å². The number of rotatable bonds is 5. The fourth-order valence-electron chi connectivity index (χ4n) is 9.88. The number of fused-ring (bicyclic) bond motifs is 12. The number of hydrogen-bond acceptors (Lipinski definition) is 5. The Morgan fingerprint density at radius 1 is 0.297 bits per heavy atom. The molecule has 0 atom stereocenters. The molecule has 298 valence electrons. The highest BCUT2D eigenvalue weighted by molar-refractivity contribution is 7.26. The number of nitrogens with zero attached hydrogens (tertiary/aromatic N) is 5. The molecule has 7 heteroatoms. The zero-order valence-corrected chi connectivity index (χ0v) is 35.7. The van der Waals surface area contributed by atoms with Gasteiger partial charge in [0.2, 0.25) is 0 Å². The van der Waals surface area contributed by atoms with E-state index < -0.39 is 0 Å². The highest BCUT2D eigenvalue weighted by atomic mass is 32.1. The highest BCUT2D eigenvalue weighted by Crippen LogP contribution is 2.44. The summed E-state index contributed by atoms with van der Waals surface area (Å²) in [4.78, 5) is 15.9. The first-order valence-corrected chi connectivity index (χ1v) is 23.1. The smallest absolute Gasteiger partial charge is 0.166 e. The Labute approximate surface area is 374 Å². The minimum absolute atomic E-state index is 0.603. The van der Waals surface area contributed by atoms with E-state index in [2.05, 4.69) is 173 Å². The van der Waals surface area contributed by atoms with Crippen molar-refractivity contribution in [2.45, 2.75) is 0 Å². The second-order valence-corrected chi connectivity index (χ2v) is 18.5. The van der Waals surface area contributed by atoms with Crippen LogP contribution in [0.3, 0.4) is 0 Å². The summed E-state index contributed by atoms with van der Waals surface area (Å²) in [5.41, 5.74) is 9.36. The lowest BCUT2D eigenvalue weighted by Gasteiger charge is -2.17. The van der Waals surface area contributed by atoms with Crippen LogP contribution >= 0.6 is 22.7 Å². The van der Waals surface area contributed by atoms with Gasteiger partial charge in [0.15, 0.2) is 17.5 Å². The van der Waals surface area contributed by atoms with Crippen molar-refractivity contribution in [3.8, 4) is 45.5 Å². The summed E-state index contributed by atoms with van der Waals surface area (Å²) in [5.74, 6) is 1.85. The van der Waals surface area contributed by atoms with Crippen LogP contribution in [0.25, 0.3) is 129 Å². The minimum atomic E-state index is 0.603. The van der Waals surface area contributed by atoms with Gasteiger partial charge in [0.25, 0.3) is 0 Å². The second-order valence-electron chi connectivity index (χ2n) is 16.4. The first kappa shape index (κ1) is 35.6. The first-order chi connectivity index (χ1) is 31.7. The molecule has 0 amide bonds. The molecule has 0 saturated heterocycles. The zero-order chi connectivity index (χ0) is 41.9. The number of benzene rings is 9. The fourth-order valence-corrected chi connectivity index (χ4v) is 12.1. The number of para-hydroxylation sites is 2. The molecule has 14 aromatic rings. The third kappa shape index (κ3) is 5.32. The summed E-state index contributed by atoms with van der Waals surface area (Å²) in [5, 5.41) is 10.0. The lowest BCUT2D eigenvalue weighted by molar-refractivity contribution is 1.06. The Hall–Kier alpha value is -7.97. The Morgan fingerprint density at radius 2 is 0.750 bits per heavy atom. The molecule has 0 aliphatic heterocycles. The van der Waals surface area contributed by atoms with Crippen LogP contribution in [0.15, 0.2) is 200 Å². The fraction of sp³-hybridized carbons (Fsp3) is 0. The van der Waals surface area contributed by atoms with Crippen molar-refractivity contribution < 1.29 is 0 Å². The Morgan fingerprint density at radius 3 is 1.31 bits per heavy atom. The molecule has 64 heavy (non-hydrogen) atoms. The van der Waals surface area contributed by atoms with Crippen LogP contribution in [0.5, 0.6) is 0 Å². The molecule has 0 N–H and O–H groups in total. The van der Waals surface area contributed by atoms with Crippen molar-refractivity contribution in [2.75, 3.05) is 0 Å². The van der Waals surface area contributed by atoms with Crippen LogP contribution in [-0.2, 0) is 0 Å². The molecule has 0 aliphatic rings. The summed E-state index contributed by atoms with van der Waals surface area (Å²) in [6.45, 7) is 0. The van der Waals surface area contributed by atoms with Crippen molar-refractivity contribution in [3.63, 3.8) is 0 Å². The van der Waals surface area contributed by atoms with Gasteiger partial charge in [0.1, 0.15) is 0 Å². The lowest BCUT2D eigenvalue weighted by Crippen LogP contribution is -2.05. The predicted molar refractivity (Wildman–Crippen MR) is 271 cm³/mol. The third-order valence-corrected chi connectivity index (χ3v) is 15.0. The molecule has 0 bridgehead atoms. The molecule has 5 nitrogen and oxygen atoms in total. The van der Waals surface area contributed by atoms with Crippen LogP contribution in [-0.4, -0.2) is 24.1 Å². The van der Waals surface area contributed by atoms with Crippen molar-refractivity contribution in [1.29, 1.82) is 0 Å². The van der Waals surface area contributed by atoms with E-state index >= 15 is 0 Å². The molecule has 9 aromatic carbocycles. The van der Waals surface area contributed by atoms with Crippen molar-refractivity contribution in [1.82, 2.24) is 24.1 Å². The van der Waals surface area contributed by atoms with Crippen molar-refractivity contribution >= 4 is 107 Å². The molecule has 0 unspecified atom stereocenters. The van der Waals surface area contributed by atoms with Gasteiger partial charge in [-0.15, -0.1) is 22.7 Å². The second kappa shape index (κ2) is 13.8. The summed E-state index contributed by atoms with van der Waals surface area (Å²) in [7, 11) is 0. The topological polar surface area (TPSA) is 48.5 Å². The maximum atomic E-state index is 5.38. The number of aromatic nitrogens is 5. The van der Waals surface area contributed by atoms with Gasteiger partial charge in [0, 0.05) is 84.3 Å². The number of thiophene rings is 2. The van der Waals surface area contributed by atoms with Crippen LogP contribution in [0.4, 0.5) is 0 Å². The van der Waals surface area contributed by atoms with Gasteiger partial charge in [-0.25, -0.2) is 15.0 Å². The van der Waals surface area contributed by atoms with E-state index in [1.165, 1.54) is 61.9 Å². The van der Waals surface area contributed by atoms with Gasteiger partial charge in [-0.2, -0.15) is 0 Å². The molecular weight excluding hydrogens is 819 g/mol. The minimum Gasteiger partial charge on any atom is -0.309 e. The lowest BCUT2D eigenvalue weighted by atomic mass is 10.1. The molecule has 0 radical (unpaired) electrons. The molecule has 0 spiro atoms. The molecule has 0 aliphatic carbocycles. The van der Waals surface area contributed by atoms with Crippen molar-refractivity contribution in [3.05, 3.63) is 200 Å². The van der Waals surface area contributed by atoms with Gasteiger partial charge in [-0.3, -0.25) is 0 Å². The van der Waals surface area contributed by atoms with Crippen LogP contribution < -0.4 is 0 Å². The monoisotopic (exact) mass is 851 g/mol. The standard InChI is InChI=1S/C57H33N5S2/c1-3-15-34(16-4-1)55-58-56(35-17-5-2-6-18-35)60-57(59-55)45-29-36(61-46-23-11-7-19-37(46)41-30-43-39-21-9-13-25-51(39)63-53(43)32-49(41)61)27-28-48(45)62-47-24-12-8-20-38(47)42-31-44-40-22-10-14-26-52(40)64-54(44)33-50(42)62/h1-33H. The molecule has 0 fully saturated rings. The summed E-state index contributed by atoms with van der Waals surface area (Å²) < 4.78 is 9.96. The van der Waals surface area contributed by atoms with E-state index in [9.17, 15) is 0 Å². The van der Waals surface area contributed by atoms with Gasteiger partial charge in [-0.1, -0.05) is 133 Å². The van der Waals surface area contributed by atoms with Crippen LogP contribution in [0, 0.1) is 0 Å². The SMILES string of the molecule is c1ccc(-c2nc(-c3ccccc3)nc(-c3cc(-n4c5ccccc5c5cc6c(cc54)sc4ccccc46)ccc3-n3c4ccccc4c4cc5c(cc43)sc3ccccc35)n2)cc1. The van der Waals surface area contributed by atoms with E-state index in [1.54, 1.807) is 0 Å². The van der Waals surface area contributed by atoms with E-state index in [0.717, 1.165) is 50.1 Å². The summed E-state index contributed by atoms with van der Waals surface area (Å²) >= 11 is 3.70. The summed E-state index contributed by atoms with van der Waals surface area (Å²) in [6.07, 6.45) is 0. The summed E-state index contributed by atoms with van der Waals surface area (Å²) in [6, 6.07) is 71.9. The normalized spacial score (nSPS) is 12.1. The number of hydrogen-bond donors (Lipinski definition) is 0. The largest absolute Gasteiger partial charge is 0.309 e. The molecule has 5 aromatic heterocycles. The van der Waals surface area contributed by atoms with Crippen molar-refractivity contribution in [2.24, 2.45) is 0 Å². The van der Waals surface area contributed by atoms with E-state index in [0.29, 0.717) is 17.5 Å². The molecule has 5 heterocycles. The quantitative estimate of drug-likeness (QED) is 0.173. The molecule has 0 saturated carbocycles. The van der Waals surface area contributed by atoms with E-state index in [-0.39, 0.29) is 0 Å². The Bertz CT molecular complexity index is 4140. The molecular formula is C57H33N5S2. The third-order valence-electron chi connectivity index (χ3n) is 12.8. The van der Waals surface area contributed by atoms with Gasteiger partial charge in [-0.05, 0) is 66.7 Å². The van der Waals surface area contributed by atoms with E-state index in [4.69, 9.17) is 15.0 Å². The Kier molecular flexibility index (Phi) is 7.66. The average Bonchev–Trinajstić information content (AvgIpc) is 4.10. The highest BCUT2D eigenvalue weighted by Gasteiger charge is 2.23. The Balaban J connectivity index is 1.10. The maximum Gasteiger partial charge on any atom is 0.166 e. The first-order valence-electron chi connectivity index (χ1n) is 21.4. The zero-order valence-electron chi connectivity index (χ0n) is 34.1. The predicted octanol–water partition coefficient (Wildman–Crippen LogP) is 15.8. The maximum absolute atomic E-state index is 5.38. The van der Waals surface area contributed by atoms with Gasteiger partial charge >= 0.3 is 0 Å². The van der Waals surface area contributed by atoms with Crippen LogP contribution in [0.2, 0.25) is 0 Å².